The van der Waals surface area contributed by atoms with Crippen LogP contribution >= 0.6 is 0 Å². The fourth-order valence-corrected chi connectivity index (χ4v) is 4.82. The zero-order valence-electron chi connectivity index (χ0n) is 16.7. The third-order valence-electron chi connectivity index (χ3n) is 3.88. The number of hydrogen-bond acceptors (Lipinski definition) is 5. The number of nitrogens with one attached hydrogen (secondary N) is 1. The molecule has 2 rings (SSSR count). The van der Waals surface area contributed by atoms with Gasteiger partial charge in [0.25, 0.3) is 0 Å². The minimum atomic E-state index is -0.491. The molecule has 0 radical (unpaired) electrons. The number of amides is 1. The van der Waals surface area contributed by atoms with Gasteiger partial charge in [0.05, 0.1) is 0 Å². The van der Waals surface area contributed by atoms with Gasteiger partial charge in [0, 0.05) is 0 Å². The van der Waals surface area contributed by atoms with Crippen molar-refractivity contribution in [2.45, 2.75) is 53.2 Å². The van der Waals surface area contributed by atoms with E-state index in [4.69, 9.17) is 14.2 Å². The summed E-state index contributed by atoms with van der Waals surface area (Å²) in [5.74, 6) is 0.793. The first-order valence-corrected chi connectivity index (χ1v) is 11.8. The van der Waals surface area contributed by atoms with Crippen LogP contribution in [0.15, 0.2) is 21.6 Å². The van der Waals surface area contributed by atoms with Gasteiger partial charge in [-0.3, -0.25) is 0 Å². The molecule has 1 N–H and O–H groups in total. The summed E-state index contributed by atoms with van der Waals surface area (Å²) in [7, 11) is 0. The molecule has 0 unspecified atom stereocenters. The zero-order valence-corrected chi connectivity index (χ0v) is 18.9. The molecule has 2 heterocycles. The summed E-state index contributed by atoms with van der Waals surface area (Å²) in [6.07, 6.45) is 1.65. The molecule has 26 heavy (non-hydrogen) atoms. The third kappa shape index (κ3) is 6.98. The van der Waals surface area contributed by atoms with Crippen molar-refractivity contribution in [3.05, 3.63) is 21.6 Å². The van der Waals surface area contributed by atoms with Crippen LogP contribution in [0.5, 0.6) is 0 Å². The fraction of sp³-hybridized carbons (Fsp3) is 0.737. The van der Waals surface area contributed by atoms with E-state index in [2.05, 4.69) is 36.2 Å². The number of nitrogens with zero attached hydrogens (tertiary/aromatic N) is 1. The van der Waals surface area contributed by atoms with Crippen molar-refractivity contribution >= 4 is 6.09 Å². The summed E-state index contributed by atoms with van der Waals surface area (Å²) in [5.41, 5.74) is 0.926. The molecule has 0 spiro atoms. The minimum absolute atomic E-state index is 0.00892. The Kier molecular flexibility index (Phi) is 7.24. The van der Waals surface area contributed by atoms with Gasteiger partial charge in [-0.25, -0.2) is 0 Å². The van der Waals surface area contributed by atoms with Crippen LogP contribution in [0.2, 0.25) is 0 Å². The first-order chi connectivity index (χ1) is 12.0. The number of morpholine rings is 1. The van der Waals surface area contributed by atoms with Crippen LogP contribution in [-0.4, -0.2) is 53.6 Å². The third-order valence-corrected chi connectivity index (χ3v) is 5.81. The van der Waals surface area contributed by atoms with E-state index in [1.807, 2.05) is 20.8 Å². The van der Waals surface area contributed by atoms with Gasteiger partial charge in [-0.05, 0) is 0 Å². The summed E-state index contributed by atoms with van der Waals surface area (Å²) in [6.45, 7) is 14.2. The first kappa shape index (κ1) is 21.3. The van der Waals surface area contributed by atoms with E-state index in [1.165, 1.54) is 5.57 Å². The molecule has 7 heteroatoms. The summed E-state index contributed by atoms with van der Waals surface area (Å²) in [4.78, 5) is 13.9. The van der Waals surface area contributed by atoms with Crippen LogP contribution in [0, 0.1) is 5.41 Å². The van der Waals surface area contributed by atoms with E-state index in [0.717, 1.165) is 10.4 Å². The number of halogens is 1. The summed E-state index contributed by atoms with van der Waals surface area (Å²) < 4.78 is 20.5. The predicted octanol–water partition coefficient (Wildman–Crippen LogP) is 0.0600. The molecule has 1 saturated heterocycles. The van der Waals surface area contributed by atoms with Crippen molar-refractivity contribution in [1.29, 1.82) is 0 Å². The van der Waals surface area contributed by atoms with E-state index >= 15 is 0 Å². The van der Waals surface area contributed by atoms with Gasteiger partial charge in [-0.2, -0.15) is 0 Å². The molecule has 1 fully saturated rings. The molecule has 0 bridgehead atoms. The van der Waals surface area contributed by atoms with Gasteiger partial charge >= 0.3 is 168 Å². The second-order valence-corrected chi connectivity index (χ2v) is 10.8. The standard InChI is InChI=1S/C19H32IN2O4/c1-18(2,3)14-9-16(21-13-20-10-14)25-12-15-11-22(7-8-24-15)17(23)26-19(4,5)6/h9-10,15,21H,7-8,11-13H2,1-6H3/q-1/t15-/m1/s1. The molecule has 2 aliphatic rings. The topological polar surface area (TPSA) is 60.0 Å². The Morgan fingerprint density at radius 3 is 2.73 bits per heavy atom. The normalized spacial score (nSPS) is 22.2. The Balaban J connectivity index is 1.89. The Morgan fingerprint density at radius 2 is 2.08 bits per heavy atom. The summed E-state index contributed by atoms with van der Waals surface area (Å²) in [6, 6.07) is 0. The number of hydrogen-bond donors (Lipinski definition) is 1. The van der Waals surface area contributed by atoms with Gasteiger partial charge < -0.3 is 0 Å². The molecule has 0 aliphatic carbocycles. The molecule has 6 nitrogen and oxygen atoms in total. The molecule has 2 aliphatic heterocycles. The number of alkyl halides is 1. The SMILES string of the molecule is CC(C)(C)OC(=O)N1CCO[C@@H](COC2=CC(C(C)(C)C)=C[I-]CN2)C1. The molecule has 150 valence electrons. The number of allylic oxidation sites excluding steroid dienone is 2. The van der Waals surface area contributed by atoms with Crippen LogP contribution < -0.4 is 26.5 Å². The monoisotopic (exact) mass is 479 g/mol. The van der Waals surface area contributed by atoms with E-state index < -0.39 is 5.60 Å². The molecule has 0 saturated carbocycles. The average Bonchev–Trinajstić information content (AvgIpc) is 2.77. The van der Waals surface area contributed by atoms with Gasteiger partial charge in [-0.1, -0.05) is 0 Å². The molecular weight excluding hydrogens is 447 g/mol. The average molecular weight is 479 g/mol. The van der Waals surface area contributed by atoms with Crippen LogP contribution in [0.25, 0.3) is 0 Å². The van der Waals surface area contributed by atoms with Crippen molar-refractivity contribution < 1.29 is 40.2 Å². The molecule has 1 atom stereocenters. The van der Waals surface area contributed by atoms with Crippen LogP contribution in [0.3, 0.4) is 0 Å². The van der Waals surface area contributed by atoms with Crippen molar-refractivity contribution in [3.63, 3.8) is 0 Å². The Morgan fingerprint density at radius 1 is 1.35 bits per heavy atom. The fourth-order valence-electron chi connectivity index (χ4n) is 2.42. The van der Waals surface area contributed by atoms with Crippen molar-refractivity contribution in [3.8, 4) is 0 Å². The maximum absolute atomic E-state index is 12.2. The van der Waals surface area contributed by atoms with Crippen LogP contribution in [-0.2, 0) is 14.2 Å². The van der Waals surface area contributed by atoms with E-state index in [0.29, 0.717) is 26.3 Å². The number of carbonyl (C=O) groups is 1. The summed E-state index contributed by atoms with van der Waals surface area (Å²) in [5, 5.41) is 3.36. The predicted molar refractivity (Wildman–Crippen MR) is 97.1 cm³/mol. The second-order valence-electron chi connectivity index (χ2n) is 8.52. The molecule has 1 amide bonds. The number of rotatable bonds is 3. The second kappa shape index (κ2) is 8.82. The van der Waals surface area contributed by atoms with Gasteiger partial charge in [-0.15, -0.1) is 0 Å². The van der Waals surface area contributed by atoms with Crippen LogP contribution in [0.1, 0.15) is 41.5 Å². The van der Waals surface area contributed by atoms with Crippen molar-refractivity contribution in [1.82, 2.24) is 10.2 Å². The molecule has 0 aromatic rings. The number of carbonyl (C=O) groups excluding carboxylic acids is 1. The van der Waals surface area contributed by atoms with Gasteiger partial charge in [0.1, 0.15) is 0 Å². The molecular formula is C19H32IN2O4-. The number of ether oxygens (including phenoxy) is 3. The van der Waals surface area contributed by atoms with E-state index in [1.54, 1.807) is 4.90 Å². The zero-order chi connectivity index (χ0) is 19.4. The van der Waals surface area contributed by atoms with Gasteiger partial charge in [0.2, 0.25) is 0 Å². The Labute approximate surface area is 167 Å². The Bertz CT molecular complexity index is 561. The Hall–Kier alpha value is -0.960. The van der Waals surface area contributed by atoms with Crippen LogP contribution in [0.4, 0.5) is 4.79 Å². The quantitative estimate of drug-likeness (QED) is 0.353. The maximum atomic E-state index is 12.2. The summed E-state index contributed by atoms with van der Waals surface area (Å²) >= 11 is -0.00892. The van der Waals surface area contributed by atoms with E-state index in [9.17, 15) is 4.79 Å². The van der Waals surface area contributed by atoms with Crippen molar-refractivity contribution in [2.24, 2.45) is 5.41 Å². The first-order valence-electron chi connectivity index (χ1n) is 9.01. The molecule has 0 aromatic carbocycles. The van der Waals surface area contributed by atoms with Crippen molar-refractivity contribution in [2.75, 3.05) is 30.9 Å². The van der Waals surface area contributed by atoms with E-state index in [-0.39, 0.29) is 38.8 Å². The molecule has 0 aromatic heterocycles. The van der Waals surface area contributed by atoms with Gasteiger partial charge in [0.15, 0.2) is 0 Å².